The van der Waals surface area contributed by atoms with Crippen molar-refractivity contribution in [3.63, 3.8) is 0 Å². The van der Waals surface area contributed by atoms with E-state index in [4.69, 9.17) is 17.3 Å². The quantitative estimate of drug-likeness (QED) is 0.615. The first-order valence-corrected chi connectivity index (χ1v) is 8.84. The summed E-state index contributed by atoms with van der Waals surface area (Å²) in [6.45, 7) is -3.07. The lowest BCUT2D eigenvalue weighted by molar-refractivity contribution is -0.0524. The van der Waals surface area contributed by atoms with Crippen LogP contribution in [0.3, 0.4) is 0 Å². The Morgan fingerprint density at radius 2 is 2.04 bits per heavy atom. The van der Waals surface area contributed by atoms with Crippen molar-refractivity contribution in [1.29, 1.82) is 0 Å². The van der Waals surface area contributed by atoms with E-state index in [9.17, 15) is 18.7 Å². The average molecular weight is 428 g/mol. The molecule has 0 fully saturated rings. The summed E-state index contributed by atoms with van der Waals surface area (Å²) >= 11 is 6.88. The first-order chi connectivity index (χ1) is 13.3. The van der Waals surface area contributed by atoms with Gasteiger partial charge in [0.05, 0.1) is 4.88 Å². The van der Waals surface area contributed by atoms with E-state index in [1.54, 1.807) is 24.3 Å². The molecule has 1 unspecified atom stereocenters. The van der Waals surface area contributed by atoms with Gasteiger partial charge in [0.15, 0.2) is 0 Å². The number of aliphatic hydroxyl groups is 1. The summed E-state index contributed by atoms with van der Waals surface area (Å²) in [4.78, 5) is 18.8. The van der Waals surface area contributed by atoms with Crippen LogP contribution in [0, 0.1) is 0 Å². The minimum absolute atomic E-state index is 0.0396. The fraction of sp³-hybridized carbons (Fsp3) is 0.118. The van der Waals surface area contributed by atoms with Crippen molar-refractivity contribution in [1.82, 2.24) is 9.97 Å². The van der Waals surface area contributed by atoms with Crippen molar-refractivity contribution in [3.05, 3.63) is 58.2 Å². The maximum atomic E-state index is 12.7. The van der Waals surface area contributed by atoms with Gasteiger partial charge < -0.3 is 20.3 Å². The smallest absolute Gasteiger partial charge is 0.411 e. The molecule has 0 aliphatic carbocycles. The van der Waals surface area contributed by atoms with Crippen molar-refractivity contribution in [3.8, 4) is 22.2 Å². The topological polar surface area (TPSA) is 108 Å². The van der Waals surface area contributed by atoms with Crippen LogP contribution in [0.25, 0.3) is 11.1 Å². The third-order valence-electron chi connectivity index (χ3n) is 3.48. The number of hydrogen-bond donors (Lipinski definition) is 2. The predicted octanol–water partition coefficient (Wildman–Crippen LogP) is 4.00. The number of benzene rings is 1. The molecule has 0 saturated heterocycles. The molecule has 0 bridgehead atoms. The van der Waals surface area contributed by atoms with Gasteiger partial charge in [0, 0.05) is 28.5 Å². The Morgan fingerprint density at radius 1 is 1.25 bits per heavy atom. The van der Waals surface area contributed by atoms with Crippen LogP contribution in [-0.2, 0) is 0 Å². The molecule has 0 aliphatic heterocycles. The number of alkyl halides is 2. The molecule has 0 saturated carbocycles. The van der Waals surface area contributed by atoms with Crippen LogP contribution in [0.1, 0.15) is 16.5 Å². The number of aliphatic hydroxyl groups excluding tert-OH is 1. The average Bonchev–Trinajstić information content (AvgIpc) is 3.08. The molecule has 1 amide bonds. The Morgan fingerprint density at radius 3 is 2.71 bits per heavy atom. The summed E-state index contributed by atoms with van der Waals surface area (Å²) in [5, 5.41) is 10.9. The number of aromatic nitrogens is 2. The van der Waals surface area contributed by atoms with Gasteiger partial charge in [0.2, 0.25) is 5.88 Å². The molecule has 7 nitrogen and oxygen atoms in total. The molecule has 0 radical (unpaired) electrons. The second-order valence-electron chi connectivity index (χ2n) is 5.36. The molecule has 3 N–H and O–H groups in total. The molecular weight excluding hydrogens is 416 g/mol. The molecular formula is C17H12ClF2N3O4S. The molecule has 3 aromatic rings. The monoisotopic (exact) mass is 427 g/mol. The Kier molecular flexibility index (Phi) is 6.02. The Bertz CT molecular complexity index is 1000. The number of primary amides is 1. The molecule has 1 aromatic carbocycles. The zero-order valence-electron chi connectivity index (χ0n) is 13.9. The highest BCUT2D eigenvalue weighted by Crippen LogP contribution is 2.36. The van der Waals surface area contributed by atoms with Crippen LogP contribution >= 0.6 is 22.9 Å². The number of amides is 1. The Balaban J connectivity index is 1.98. The number of ether oxygens (including phenoxy) is 2. The van der Waals surface area contributed by atoms with E-state index in [-0.39, 0.29) is 22.2 Å². The maximum absolute atomic E-state index is 12.7. The zero-order valence-corrected chi connectivity index (χ0v) is 15.5. The van der Waals surface area contributed by atoms with Crippen LogP contribution in [0.2, 0.25) is 5.02 Å². The molecule has 3 rings (SSSR count). The number of carbonyl (C=O) groups is 1. The third-order valence-corrected chi connectivity index (χ3v) is 4.65. The van der Waals surface area contributed by atoms with Gasteiger partial charge in [0.1, 0.15) is 6.10 Å². The first kappa shape index (κ1) is 19.9. The van der Waals surface area contributed by atoms with Gasteiger partial charge in [-0.3, -0.25) is 0 Å². The van der Waals surface area contributed by atoms with Crippen LogP contribution in [0.5, 0.6) is 11.1 Å². The summed E-state index contributed by atoms with van der Waals surface area (Å²) in [6.07, 6.45) is 0.267. The first-order valence-electron chi connectivity index (χ1n) is 7.65. The lowest BCUT2D eigenvalue weighted by Gasteiger charge is -2.14. The molecule has 28 heavy (non-hydrogen) atoms. The minimum atomic E-state index is -3.07. The predicted molar refractivity (Wildman–Crippen MR) is 97.7 cm³/mol. The molecule has 0 aliphatic rings. The lowest BCUT2D eigenvalue weighted by atomic mass is 10.0. The number of nitrogens with two attached hydrogens (primary N) is 1. The van der Waals surface area contributed by atoms with Crippen LogP contribution < -0.4 is 15.2 Å². The van der Waals surface area contributed by atoms with Crippen LogP contribution in [0.4, 0.5) is 13.6 Å². The van der Waals surface area contributed by atoms with E-state index in [2.05, 4.69) is 19.4 Å². The van der Waals surface area contributed by atoms with Crippen molar-refractivity contribution in [2.45, 2.75) is 12.7 Å². The number of carbonyl (C=O) groups excluding carboxylic acids is 1. The van der Waals surface area contributed by atoms with Crippen molar-refractivity contribution < 1.29 is 28.2 Å². The van der Waals surface area contributed by atoms with E-state index in [0.29, 0.717) is 15.5 Å². The zero-order chi connectivity index (χ0) is 20.3. The summed E-state index contributed by atoms with van der Waals surface area (Å²) in [6, 6.07) is 7.92. The van der Waals surface area contributed by atoms with Gasteiger partial charge in [-0.05, 0) is 23.8 Å². The summed E-state index contributed by atoms with van der Waals surface area (Å²) in [5.74, 6) is -0.310. The Labute approximate surface area is 166 Å². The molecule has 146 valence electrons. The standard InChI is InChI=1S/C17H12ClF2N3O4S/c18-10-3-1-2-8(4-10)11-5-9(6-22-14(11)26-15(19)20)13(24)12-7-23-17(28-12)27-16(21)25/h1-7,13,15,24H,(H2,21,25). The highest BCUT2D eigenvalue weighted by molar-refractivity contribution is 7.13. The third kappa shape index (κ3) is 4.71. The van der Waals surface area contributed by atoms with Gasteiger partial charge in [0.25, 0.3) is 5.19 Å². The highest BCUT2D eigenvalue weighted by Gasteiger charge is 2.20. The number of thiazole rings is 1. The summed E-state index contributed by atoms with van der Waals surface area (Å²) in [7, 11) is 0. The summed E-state index contributed by atoms with van der Waals surface area (Å²) < 4.78 is 34.6. The van der Waals surface area contributed by atoms with Crippen molar-refractivity contribution in [2.75, 3.05) is 0 Å². The van der Waals surface area contributed by atoms with E-state index in [0.717, 1.165) is 11.3 Å². The molecule has 0 spiro atoms. The van der Waals surface area contributed by atoms with Gasteiger partial charge in [-0.2, -0.15) is 8.78 Å². The van der Waals surface area contributed by atoms with E-state index >= 15 is 0 Å². The van der Waals surface area contributed by atoms with Crippen LogP contribution in [-0.4, -0.2) is 27.8 Å². The summed E-state index contributed by atoms with van der Waals surface area (Å²) in [5.41, 5.74) is 5.90. The van der Waals surface area contributed by atoms with Crippen LogP contribution in [0.15, 0.2) is 42.7 Å². The number of hydrogen-bond acceptors (Lipinski definition) is 7. The number of rotatable bonds is 6. The molecule has 1 atom stereocenters. The van der Waals surface area contributed by atoms with E-state index < -0.39 is 18.8 Å². The van der Waals surface area contributed by atoms with Gasteiger partial charge in [-0.25, -0.2) is 14.8 Å². The van der Waals surface area contributed by atoms with Gasteiger partial charge in [-0.1, -0.05) is 35.1 Å². The molecule has 2 heterocycles. The highest BCUT2D eigenvalue weighted by atomic mass is 35.5. The fourth-order valence-electron chi connectivity index (χ4n) is 2.35. The fourth-order valence-corrected chi connectivity index (χ4v) is 3.33. The second kappa shape index (κ2) is 8.46. The van der Waals surface area contributed by atoms with E-state index in [1.165, 1.54) is 18.5 Å². The number of pyridine rings is 1. The lowest BCUT2D eigenvalue weighted by Crippen LogP contribution is -2.15. The van der Waals surface area contributed by atoms with Gasteiger partial charge >= 0.3 is 12.7 Å². The number of halogens is 3. The van der Waals surface area contributed by atoms with Gasteiger partial charge in [-0.15, -0.1) is 0 Å². The maximum Gasteiger partial charge on any atom is 0.411 e. The SMILES string of the molecule is NC(=O)Oc1ncc(C(O)c2cnc(OC(F)F)c(-c3cccc(Cl)c3)c2)s1. The molecule has 11 heteroatoms. The largest absolute Gasteiger partial charge is 0.416 e. The van der Waals surface area contributed by atoms with E-state index in [1.807, 2.05) is 0 Å². The normalized spacial score (nSPS) is 12.0. The minimum Gasteiger partial charge on any atom is -0.416 e. The second-order valence-corrected chi connectivity index (χ2v) is 6.82. The van der Waals surface area contributed by atoms with Crippen molar-refractivity contribution >= 4 is 29.0 Å². The number of nitrogens with zero attached hydrogens (tertiary/aromatic N) is 2. The molecule has 2 aromatic heterocycles. The Hall–Kier alpha value is -2.82. The van der Waals surface area contributed by atoms with Crippen molar-refractivity contribution in [2.24, 2.45) is 5.73 Å².